The van der Waals surface area contributed by atoms with E-state index in [1.165, 1.54) is 22.3 Å². The van der Waals surface area contributed by atoms with E-state index in [4.69, 9.17) is 5.26 Å². The van der Waals surface area contributed by atoms with E-state index in [0.29, 0.717) is 11.3 Å². The summed E-state index contributed by atoms with van der Waals surface area (Å²) < 4.78 is 25.7. The Kier molecular flexibility index (Phi) is 4.30. The van der Waals surface area contributed by atoms with Crippen LogP contribution in [0.25, 0.3) is 0 Å². The SMILES string of the molecule is CC(C)N=C1Sc2cc(C#N)ccc2N(S(C)(=O)=O)C1C. The molecule has 1 unspecified atom stereocenters. The van der Waals surface area contributed by atoms with Crippen molar-refractivity contribution in [3.63, 3.8) is 0 Å². The molecule has 1 aliphatic rings. The molecule has 5 nitrogen and oxygen atoms in total. The summed E-state index contributed by atoms with van der Waals surface area (Å²) in [7, 11) is -3.42. The molecule has 21 heavy (non-hydrogen) atoms. The molecule has 0 aliphatic carbocycles. The number of aliphatic imine (C=N–C) groups is 1. The lowest BCUT2D eigenvalue weighted by molar-refractivity contribution is 0.594. The third-order valence-corrected chi connectivity index (χ3v) is 5.42. The topological polar surface area (TPSA) is 73.5 Å². The van der Waals surface area contributed by atoms with Gasteiger partial charge in [0.15, 0.2) is 0 Å². The van der Waals surface area contributed by atoms with Crippen LogP contribution >= 0.6 is 11.8 Å². The van der Waals surface area contributed by atoms with E-state index < -0.39 is 10.0 Å². The molecule has 0 N–H and O–H groups in total. The third-order valence-electron chi connectivity index (χ3n) is 2.99. The second kappa shape index (κ2) is 5.70. The van der Waals surface area contributed by atoms with Crippen molar-refractivity contribution >= 4 is 32.5 Å². The van der Waals surface area contributed by atoms with Crippen LogP contribution in [-0.4, -0.2) is 31.8 Å². The van der Waals surface area contributed by atoms with Gasteiger partial charge in [0.2, 0.25) is 10.0 Å². The number of benzene rings is 1. The van der Waals surface area contributed by atoms with Crippen molar-refractivity contribution in [3.8, 4) is 6.07 Å². The molecule has 0 spiro atoms. The molecular formula is C14H17N3O2S2. The fourth-order valence-corrected chi connectivity index (χ4v) is 4.75. The van der Waals surface area contributed by atoms with Gasteiger partial charge in [0.1, 0.15) is 0 Å². The Bertz CT molecular complexity index is 733. The van der Waals surface area contributed by atoms with E-state index >= 15 is 0 Å². The first kappa shape index (κ1) is 15.9. The second-order valence-corrected chi connectivity index (χ2v) is 8.11. The monoisotopic (exact) mass is 323 g/mol. The minimum Gasteiger partial charge on any atom is -0.278 e. The Morgan fingerprint density at radius 2 is 2.10 bits per heavy atom. The van der Waals surface area contributed by atoms with Crippen LogP contribution in [0.4, 0.5) is 5.69 Å². The van der Waals surface area contributed by atoms with Crippen molar-refractivity contribution in [2.24, 2.45) is 4.99 Å². The fourth-order valence-electron chi connectivity index (χ4n) is 2.21. The summed E-state index contributed by atoms with van der Waals surface area (Å²) in [5.41, 5.74) is 1.12. The van der Waals surface area contributed by atoms with E-state index in [9.17, 15) is 8.42 Å². The molecule has 7 heteroatoms. The zero-order valence-electron chi connectivity index (χ0n) is 12.4. The highest BCUT2D eigenvalue weighted by Gasteiger charge is 2.34. The first-order chi connectivity index (χ1) is 9.74. The van der Waals surface area contributed by atoms with Crippen molar-refractivity contribution in [1.29, 1.82) is 5.26 Å². The average molecular weight is 323 g/mol. The zero-order valence-corrected chi connectivity index (χ0v) is 14.0. The van der Waals surface area contributed by atoms with Gasteiger partial charge < -0.3 is 0 Å². The number of nitriles is 1. The number of fused-ring (bicyclic) bond motifs is 1. The molecule has 0 saturated carbocycles. The van der Waals surface area contributed by atoms with Crippen LogP contribution in [0.5, 0.6) is 0 Å². The lowest BCUT2D eigenvalue weighted by Crippen LogP contribution is -2.44. The van der Waals surface area contributed by atoms with Gasteiger partial charge >= 0.3 is 0 Å². The third kappa shape index (κ3) is 3.22. The quantitative estimate of drug-likeness (QED) is 0.838. The average Bonchev–Trinajstić information content (AvgIpc) is 2.37. The number of rotatable bonds is 2. The largest absolute Gasteiger partial charge is 0.278 e. The minimum atomic E-state index is -3.42. The van der Waals surface area contributed by atoms with Crippen LogP contribution in [-0.2, 0) is 10.0 Å². The smallest absolute Gasteiger partial charge is 0.232 e. The van der Waals surface area contributed by atoms with Gasteiger partial charge in [-0.15, -0.1) is 0 Å². The van der Waals surface area contributed by atoms with Gasteiger partial charge in [0.25, 0.3) is 0 Å². The molecule has 0 amide bonds. The summed E-state index contributed by atoms with van der Waals surface area (Å²) in [6, 6.07) is 6.84. The lowest BCUT2D eigenvalue weighted by Gasteiger charge is -2.35. The number of anilines is 1. The predicted molar refractivity (Wildman–Crippen MR) is 86.4 cm³/mol. The van der Waals surface area contributed by atoms with Crippen molar-refractivity contribution in [2.45, 2.75) is 37.8 Å². The minimum absolute atomic E-state index is 0.0806. The number of hydrogen-bond acceptors (Lipinski definition) is 5. The van der Waals surface area contributed by atoms with Gasteiger partial charge in [-0.25, -0.2) is 8.42 Å². The van der Waals surface area contributed by atoms with Gasteiger partial charge in [-0.3, -0.25) is 9.30 Å². The van der Waals surface area contributed by atoms with Gasteiger partial charge in [0.05, 0.1) is 34.7 Å². The molecule has 0 fully saturated rings. The molecule has 1 heterocycles. The summed E-state index contributed by atoms with van der Waals surface area (Å²) in [5, 5.41) is 9.76. The molecule has 1 aromatic carbocycles. The molecule has 0 bridgehead atoms. The van der Waals surface area contributed by atoms with E-state index in [1.807, 2.05) is 20.8 Å². The van der Waals surface area contributed by atoms with Crippen LogP contribution in [0.3, 0.4) is 0 Å². The molecule has 1 aromatic rings. The molecule has 2 rings (SSSR count). The summed E-state index contributed by atoms with van der Waals surface area (Å²) in [5.74, 6) is 0. The second-order valence-electron chi connectivity index (χ2n) is 5.19. The van der Waals surface area contributed by atoms with E-state index in [2.05, 4.69) is 11.1 Å². The molecule has 0 saturated heterocycles. The predicted octanol–water partition coefficient (Wildman–Crippen LogP) is 2.63. The number of thioether (sulfide) groups is 1. The molecule has 1 atom stereocenters. The van der Waals surface area contributed by atoms with Crippen LogP contribution in [0.15, 0.2) is 28.1 Å². The summed E-state index contributed by atoms with van der Waals surface area (Å²) in [4.78, 5) is 5.27. The van der Waals surface area contributed by atoms with Crippen molar-refractivity contribution in [1.82, 2.24) is 0 Å². The number of hydrogen-bond donors (Lipinski definition) is 0. The van der Waals surface area contributed by atoms with Crippen LogP contribution in [0.1, 0.15) is 26.3 Å². The first-order valence-electron chi connectivity index (χ1n) is 6.53. The Hall–Kier alpha value is -1.52. The number of nitrogens with zero attached hydrogens (tertiary/aromatic N) is 3. The van der Waals surface area contributed by atoms with Gasteiger partial charge in [0, 0.05) is 10.9 Å². The molecule has 112 valence electrons. The van der Waals surface area contributed by atoms with Crippen LogP contribution < -0.4 is 4.31 Å². The first-order valence-corrected chi connectivity index (χ1v) is 9.19. The highest BCUT2D eigenvalue weighted by atomic mass is 32.2. The van der Waals surface area contributed by atoms with Crippen molar-refractivity contribution in [3.05, 3.63) is 23.8 Å². The zero-order chi connectivity index (χ0) is 15.8. The van der Waals surface area contributed by atoms with Crippen LogP contribution in [0, 0.1) is 11.3 Å². The maximum atomic E-state index is 12.1. The highest BCUT2D eigenvalue weighted by Crippen LogP contribution is 2.41. The van der Waals surface area contributed by atoms with Crippen LogP contribution in [0.2, 0.25) is 0 Å². The highest BCUT2D eigenvalue weighted by molar-refractivity contribution is 8.14. The van der Waals surface area contributed by atoms with E-state index in [0.717, 1.165) is 9.94 Å². The normalized spacial score (nSPS) is 20.5. The Labute approximate surface area is 129 Å². The maximum Gasteiger partial charge on any atom is 0.232 e. The maximum absolute atomic E-state index is 12.1. The molecular weight excluding hydrogens is 306 g/mol. The van der Waals surface area contributed by atoms with E-state index in [-0.39, 0.29) is 12.1 Å². The molecule has 0 radical (unpaired) electrons. The summed E-state index contributed by atoms with van der Waals surface area (Å²) >= 11 is 1.44. The Balaban J connectivity index is 2.65. The van der Waals surface area contributed by atoms with Gasteiger partial charge in [-0.05, 0) is 39.0 Å². The molecule has 0 aromatic heterocycles. The summed E-state index contributed by atoms with van der Waals surface area (Å²) in [6.45, 7) is 5.73. The van der Waals surface area contributed by atoms with Gasteiger partial charge in [-0.2, -0.15) is 5.26 Å². The standard InChI is InChI=1S/C14H17N3O2S2/c1-9(2)16-14-10(3)17(21(4,18)19)12-6-5-11(8-15)7-13(12)20-14/h5-7,9-10H,1-4H3. The van der Waals surface area contributed by atoms with Crippen molar-refractivity contribution < 1.29 is 8.42 Å². The fraction of sp³-hybridized carbons (Fsp3) is 0.429. The Morgan fingerprint density at radius 1 is 1.43 bits per heavy atom. The van der Waals surface area contributed by atoms with Crippen molar-refractivity contribution in [2.75, 3.05) is 10.6 Å². The molecule has 1 aliphatic heterocycles. The summed E-state index contributed by atoms with van der Waals surface area (Å²) in [6.07, 6.45) is 1.19. The Morgan fingerprint density at radius 3 is 2.62 bits per heavy atom. The number of sulfonamides is 1. The van der Waals surface area contributed by atoms with Gasteiger partial charge in [-0.1, -0.05) is 11.8 Å². The van der Waals surface area contributed by atoms with E-state index in [1.54, 1.807) is 18.2 Å². The lowest BCUT2D eigenvalue weighted by atomic mass is 10.2.